The van der Waals surface area contributed by atoms with Gasteiger partial charge in [0.1, 0.15) is 7.11 Å². The maximum absolute atomic E-state index is 4.87. The first kappa shape index (κ1) is 9.59. The number of hydrogen-bond acceptors (Lipinski definition) is 3. The zero-order valence-corrected chi connectivity index (χ0v) is 9.23. The van der Waals surface area contributed by atoms with Gasteiger partial charge in [0.15, 0.2) is 0 Å². The van der Waals surface area contributed by atoms with Gasteiger partial charge < -0.3 is 4.84 Å². The van der Waals surface area contributed by atoms with Crippen LogP contribution in [0.1, 0.15) is 17.5 Å². The van der Waals surface area contributed by atoms with Crippen molar-refractivity contribution in [3.63, 3.8) is 0 Å². The van der Waals surface area contributed by atoms with E-state index in [9.17, 15) is 0 Å². The van der Waals surface area contributed by atoms with E-state index < -0.39 is 0 Å². The SMILES string of the molecule is CON=C1CCSc2cccc(C)c21. The number of thioether (sulfide) groups is 1. The monoisotopic (exact) mass is 207 g/mol. The number of hydrogen-bond donors (Lipinski definition) is 0. The average molecular weight is 207 g/mol. The third-order valence-electron chi connectivity index (χ3n) is 2.32. The standard InChI is InChI=1S/C11H13NOS/c1-8-4-3-5-10-11(8)9(12-13-2)6-7-14-10/h3-5H,6-7H2,1-2H3. The first-order valence-electron chi connectivity index (χ1n) is 4.65. The fourth-order valence-corrected chi connectivity index (χ4v) is 2.83. The number of rotatable bonds is 1. The molecular formula is C11H13NOS. The Labute approximate surface area is 88.3 Å². The predicted octanol–water partition coefficient (Wildman–Crippen LogP) is 2.84. The van der Waals surface area contributed by atoms with Gasteiger partial charge >= 0.3 is 0 Å². The minimum Gasteiger partial charge on any atom is -0.399 e. The van der Waals surface area contributed by atoms with Gasteiger partial charge in [0.2, 0.25) is 0 Å². The van der Waals surface area contributed by atoms with Crippen molar-refractivity contribution in [2.75, 3.05) is 12.9 Å². The number of nitrogens with zero attached hydrogens (tertiary/aromatic N) is 1. The Morgan fingerprint density at radius 3 is 3.07 bits per heavy atom. The molecule has 2 nitrogen and oxygen atoms in total. The Morgan fingerprint density at radius 2 is 2.29 bits per heavy atom. The summed E-state index contributed by atoms with van der Waals surface area (Å²) in [5.74, 6) is 1.10. The van der Waals surface area contributed by atoms with Gasteiger partial charge in [-0.25, -0.2) is 0 Å². The Morgan fingerprint density at radius 1 is 1.43 bits per heavy atom. The van der Waals surface area contributed by atoms with Crippen molar-refractivity contribution in [1.82, 2.24) is 0 Å². The number of benzene rings is 1. The second-order valence-corrected chi connectivity index (χ2v) is 4.40. The number of fused-ring (bicyclic) bond motifs is 1. The summed E-state index contributed by atoms with van der Waals surface area (Å²) in [4.78, 5) is 6.20. The maximum Gasteiger partial charge on any atom is 0.106 e. The molecule has 2 rings (SSSR count). The highest BCUT2D eigenvalue weighted by atomic mass is 32.2. The molecule has 74 valence electrons. The van der Waals surface area contributed by atoms with Crippen molar-refractivity contribution in [2.45, 2.75) is 18.2 Å². The van der Waals surface area contributed by atoms with Crippen LogP contribution in [0.15, 0.2) is 28.3 Å². The molecule has 0 saturated carbocycles. The van der Waals surface area contributed by atoms with E-state index in [1.165, 1.54) is 16.0 Å². The highest BCUT2D eigenvalue weighted by molar-refractivity contribution is 7.99. The van der Waals surface area contributed by atoms with Gasteiger partial charge in [0.25, 0.3) is 0 Å². The van der Waals surface area contributed by atoms with Crippen LogP contribution in [-0.4, -0.2) is 18.6 Å². The lowest BCUT2D eigenvalue weighted by atomic mass is 10.0. The lowest BCUT2D eigenvalue weighted by molar-refractivity contribution is 0.213. The lowest BCUT2D eigenvalue weighted by Crippen LogP contribution is -2.11. The molecule has 0 N–H and O–H groups in total. The van der Waals surface area contributed by atoms with Crippen LogP contribution in [-0.2, 0) is 4.84 Å². The normalized spacial score (nSPS) is 18.0. The molecule has 3 heteroatoms. The third kappa shape index (κ3) is 1.64. The molecule has 0 aromatic heterocycles. The summed E-state index contributed by atoms with van der Waals surface area (Å²) in [6.45, 7) is 2.12. The van der Waals surface area contributed by atoms with Gasteiger partial charge in [0, 0.05) is 22.6 Å². The first-order chi connectivity index (χ1) is 6.83. The van der Waals surface area contributed by atoms with E-state index in [1.54, 1.807) is 7.11 Å². The quantitative estimate of drug-likeness (QED) is 0.660. The molecule has 0 radical (unpaired) electrons. The van der Waals surface area contributed by atoms with Gasteiger partial charge in [0.05, 0.1) is 5.71 Å². The van der Waals surface area contributed by atoms with Crippen LogP contribution in [0, 0.1) is 6.92 Å². The summed E-state index contributed by atoms with van der Waals surface area (Å²) in [7, 11) is 1.60. The molecule has 0 saturated heterocycles. The molecule has 0 fully saturated rings. The van der Waals surface area contributed by atoms with E-state index in [4.69, 9.17) is 4.84 Å². The molecular weight excluding hydrogens is 194 g/mol. The molecule has 1 aliphatic heterocycles. The minimum atomic E-state index is 0.996. The Bertz CT molecular complexity index is 374. The molecule has 1 heterocycles. The van der Waals surface area contributed by atoms with Crippen molar-refractivity contribution in [3.8, 4) is 0 Å². The zero-order valence-electron chi connectivity index (χ0n) is 8.41. The maximum atomic E-state index is 4.87. The third-order valence-corrected chi connectivity index (χ3v) is 3.38. The highest BCUT2D eigenvalue weighted by Gasteiger charge is 2.18. The molecule has 1 aliphatic rings. The Balaban J connectivity index is 2.52. The van der Waals surface area contributed by atoms with Gasteiger partial charge in [-0.1, -0.05) is 17.3 Å². The van der Waals surface area contributed by atoms with Crippen LogP contribution in [0.4, 0.5) is 0 Å². The van der Waals surface area contributed by atoms with E-state index in [0.717, 1.165) is 17.9 Å². The molecule has 0 atom stereocenters. The molecule has 1 aromatic rings. The molecule has 0 aliphatic carbocycles. The average Bonchev–Trinajstić information content (AvgIpc) is 2.19. The van der Waals surface area contributed by atoms with E-state index >= 15 is 0 Å². The molecule has 0 spiro atoms. The molecule has 1 aromatic carbocycles. The lowest BCUT2D eigenvalue weighted by Gasteiger charge is -2.18. The molecule has 0 unspecified atom stereocenters. The fourth-order valence-electron chi connectivity index (χ4n) is 1.72. The van der Waals surface area contributed by atoms with Crippen LogP contribution in [0.5, 0.6) is 0 Å². The summed E-state index contributed by atoms with van der Waals surface area (Å²) >= 11 is 1.90. The van der Waals surface area contributed by atoms with E-state index in [2.05, 4.69) is 30.3 Å². The molecule has 0 bridgehead atoms. The van der Waals surface area contributed by atoms with Crippen molar-refractivity contribution in [1.29, 1.82) is 0 Å². The summed E-state index contributed by atoms with van der Waals surface area (Å²) in [5, 5.41) is 4.09. The van der Waals surface area contributed by atoms with Crippen LogP contribution >= 0.6 is 11.8 Å². The Hall–Kier alpha value is -0.960. The molecule has 0 amide bonds. The minimum absolute atomic E-state index is 0.996. The Kier molecular flexibility index (Phi) is 2.77. The largest absolute Gasteiger partial charge is 0.399 e. The topological polar surface area (TPSA) is 21.6 Å². The van der Waals surface area contributed by atoms with Crippen molar-refractivity contribution >= 4 is 17.5 Å². The summed E-state index contributed by atoms with van der Waals surface area (Å²) in [5.41, 5.74) is 3.63. The highest BCUT2D eigenvalue weighted by Crippen LogP contribution is 2.32. The van der Waals surface area contributed by atoms with Crippen LogP contribution in [0.2, 0.25) is 0 Å². The fraction of sp³-hybridized carbons (Fsp3) is 0.364. The second kappa shape index (κ2) is 4.05. The second-order valence-electron chi connectivity index (χ2n) is 3.27. The first-order valence-corrected chi connectivity index (χ1v) is 5.64. The molecule has 14 heavy (non-hydrogen) atoms. The zero-order chi connectivity index (χ0) is 9.97. The van der Waals surface area contributed by atoms with Gasteiger partial charge in [-0.15, -0.1) is 11.8 Å². The smallest absolute Gasteiger partial charge is 0.106 e. The number of aryl methyl sites for hydroxylation is 1. The van der Waals surface area contributed by atoms with Crippen LogP contribution < -0.4 is 0 Å². The van der Waals surface area contributed by atoms with Crippen molar-refractivity contribution in [3.05, 3.63) is 29.3 Å². The van der Waals surface area contributed by atoms with Gasteiger partial charge in [-0.05, 0) is 18.6 Å². The predicted molar refractivity (Wildman–Crippen MR) is 60.1 cm³/mol. The van der Waals surface area contributed by atoms with E-state index in [1.807, 2.05) is 11.8 Å². The van der Waals surface area contributed by atoms with E-state index in [-0.39, 0.29) is 0 Å². The van der Waals surface area contributed by atoms with Crippen molar-refractivity contribution < 1.29 is 4.84 Å². The van der Waals surface area contributed by atoms with Gasteiger partial charge in [-0.2, -0.15) is 0 Å². The summed E-state index contributed by atoms with van der Waals surface area (Å²) in [6.07, 6.45) is 0.996. The van der Waals surface area contributed by atoms with Crippen LogP contribution in [0.3, 0.4) is 0 Å². The van der Waals surface area contributed by atoms with Crippen LogP contribution in [0.25, 0.3) is 0 Å². The van der Waals surface area contributed by atoms with E-state index in [0.29, 0.717) is 0 Å². The number of oxime groups is 1. The van der Waals surface area contributed by atoms with Crippen molar-refractivity contribution in [2.24, 2.45) is 5.16 Å². The summed E-state index contributed by atoms with van der Waals surface area (Å²) < 4.78 is 0. The van der Waals surface area contributed by atoms with Gasteiger partial charge in [-0.3, -0.25) is 0 Å². The summed E-state index contributed by atoms with van der Waals surface area (Å²) in [6, 6.07) is 6.37.